The minimum atomic E-state index is 0.752. The van der Waals surface area contributed by atoms with Crippen LogP contribution in [0, 0.1) is 11.8 Å². The summed E-state index contributed by atoms with van der Waals surface area (Å²) in [5.41, 5.74) is 1.18. The van der Waals surface area contributed by atoms with E-state index in [0.717, 1.165) is 31.0 Å². The topological polar surface area (TPSA) is 28.2 Å². The summed E-state index contributed by atoms with van der Waals surface area (Å²) in [6.07, 6.45) is 3.98. The molecule has 0 bridgehead atoms. The fourth-order valence-corrected chi connectivity index (χ4v) is 2.82. The van der Waals surface area contributed by atoms with E-state index in [-0.39, 0.29) is 0 Å². The van der Waals surface area contributed by atoms with Gasteiger partial charge in [-0.05, 0) is 43.2 Å². The lowest BCUT2D eigenvalue weighted by Crippen LogP contribution is -2.23. The van der Waals surface area contributed by atoms with E-state index < -0.39 is 0 Å². The average Bonchev–Trinajstić information content (AvgIpc) is 3.10. The lowest BCUT2D eigenvalue weighted by molar-refractivity contribution is 0.422. The van der Waals surface area contributed by atoms with E-state index in [9.17, 15) is 0 Å². The van der Waals surface area contributed by atoms with Crippen molar-refractivity contribution in [1.29, 1.82) is 0 Å². The van der Waals surface area contributed by atoms with Gasteiger partial charge in [0.1, 0.15) is 5.82 Å². The second kappa shape index (κ2) is 5.49. The Balaban J connectivity index is 1.62. The van der Waals surface area contributed by atoms with Crippen molar-refractivity contribution in [2.75, 3.05) is 18.0 Å². The molecular formula is C16H25N3. The molecule has 3 nitrogen and oxygen atoms in total. The van der Waals surface area contributed by atoms with Gasteiger partial charge < -0.3 is 10.2 Å². The Morgan fingerprint density at radius 2 is 2.16 bits per heavy atom. The van der Waals surface area contributed by atoms with Crippen LogP contribution >= 0.6 is 0 Å². The highest BCUT2D eigenvalue weighted by atomic mass is 15.2. The van der Waals surface area contributed by atoms with E-state index in [1.165, 1.54) is 37.3 Å². The summed E-state index contributed by atoms with van der Waals surface area (Å²) in [6.45, 7) is 7.91. The number of nitrogens with zero attached hydrogens (tertiary/aromatic N) is 2. The summed E-state index contributed by atoms with van der Waals surface area (Å²) < 4.78 is 0. The number of hydrogen-bond acceptors (Lipinski definition) is 3. The molecule has 1 aromatic heterocycles. The van der Waals surface area contributed by atoms with Crippen LogP contribution < -0.4 is 10.2 Å². The van der Waals surface area contributed by atoms with Crippen molar-refractivity contribution in [3.63, 3.8) is 0 Å². The summed E-state index contributed by atoms with van der Waals surface area (Å²) in [4.78, 5) is 7.26. The third-order valence-corrected chi connectivity index (χ3v) is 4.43. The summed E-state index contributed by atoms with van der Waals surface area (Å²) >= 11 is 0. The van der Waals surface area contributed by atoms with Gasteiger partial charge in [0.15, 0.2) is 0 Å². The van der Waals surface area contributed by atoms with Crippen molar-refractivity contribution < 1.29 is 0 Å². The fourth-order valence-electron chi connectivity index (χ4n) is 2.82. The lowest BCUT2D eigenvalue weighted by atomic mass is 9.95. The fraction of sp³-hybridized carbons (Fsp3) is 0.688. The van der Waals surface area contributed by atoms with Crippen LogP contribution in [0.2, 0.25) is 0 Å². The quantitative estimate of drug-likeness (QED) is 0.881. The van der Waals surface area contributed by atoms with E-state index in [2.05, 4.69) is 42.3 Å². The molecule has 1 saturated carbocycles. The molecule has 104 valence electrons. The maximum Gasteiger partial charge on any atom is 0.128 e. The molecule has 2 aliphatic rings. The molecule has 1 N–H and O–H groups in total. The van der Waals surface area contributed by atoms with Gasteiger partial charge in [0, 0.05) is 25.7 Å². The molecule has 1 atom stereocenters. The molecular weight excluding hydrogens is 234 g/mol. The van der Waals surface area contributed by atoms with Crippen LogP contribution in [-0.2, 0) is 6.54 Å². The Labute approximate surface area is 116 Å². The van der Waals surface area contributed by atoms with Gasteiger partial charge in [-0.1, -0.05) is 19.9 Å². The van der Waals surface area contributed by atoms with Gasteiger partial charge in [0.05, 0.1) is 5.69 Å². The molecule has 0 aromatic carbocycles. The third-order valence-electron chi connectivity index (χ3n) is 4.43. The maximum atomic E-state index is 4.81. The van der Waals surface area contributed by atoms with Crippen LogP contribution in [0.1, 0.15) is 38.8 Å². The predicted molar refractivity (Wildman–Crippen MR) is 79.3 cm³/mol. The Morgan fingerprint density at radius 1 is 1.32 bits per heavy atom. The van der Waals surface area contributed by atoms with Crippen LogP contribution in [-0.4, -0.2) is 24.1 Å². The minimum Gasteiger partial charge on any atom is -0.356 e. The largest absolute Gasteiger partial charge is 0.356 e. The second-order valence-corrected chi connectivity index (χ2v) is 6.38. The highest BCUT2D eigenvalue weighted by Crippen LogP contribution is 2.27. The van der Waals surface area contributed by atoms with E-state index in [0.29, 0.717) is 0 Å². The Hall–Kier alpha value is -1.09. The molecule has 3 heteroatoms. The zero-order chi connectivity index (χ0) is 13.2. The monoisotopic (exact) mass is 259 g/mol. The molecule has 1 aromatic rings. The van der Waals surface area contributed by atoms with Crippen molar-refractivity contribution >= 4 is 5.82 Å². The summed E-state index contributed by atoms with van der Waals surface area (Å²) in [7, 11) is 0. The molecule has 0 radical (unpaired) electrons. The third kappa shape index (κ3) is 3.27. The van der Waals surface area contributed by atoms with Crippen LogP contribution in [0.15, 0.2) is 18.2 Å². The molecule has 1 aliphatic heterocycles. The van der Waals surface area contributed by atoms with Gasteiger partial charge in [-0.3, -0.25) is 0 Å². The molecule has 1 unspecified atom stereocenters. The van der Waals surface area contributed by atoms with E-state index >= 15 is 0 Å². The van der Waals surface area contributed by atoms with Gasteiger partial charge in [-0.25, -0.2) is 4.98 Å². The Kier molecular flexibility index (Phi) is 3.74. The zero-order valence-electron chi connectivity index (χ0n) is 12.1. The first-order chi connectivity index (χ1) is 9.22. The van der Waals surface area contributed by atoms with Crippen molar-refractivity contribution in [3.05, 3.63) is 23.9 Å². The van der Waals surface area contributed by atoms with E-state index in [1.54, 1.807) is 0 Å². The number of pyridine rings is 1. The lowest BCUT2D eigenvalue weighted by Gasteiger charge is -2.19. The molecule has 1 aliphatic carbocycles. The van der Waals surface area contributed by atoms with Gasteiger partial charge in [0.25, 0.3) is 0 Å². The average molecular weight is 259 g/mol. The van der Waals surface area contributed by atoms with E-state index in [1.807, 2.05) is 0 Å². The number of nitrogens with one attached hydrogen (secondary N) is 1. The van der Waals surface area contributed by atoms with Crippen molar-refractivity contribution in [1.82, 2.24) is 10.3 Å². The molecule has 2 fully saturated rings. The number of rotatable bonds is 5. The zero-order valence-corrected chi connectivity index (χ0v) is 12.1. The van der Waals surface area contributed by atoms with Crippen LogP contribution in [0.5, 0.6) is 0 Å². The van der Waals surface area contributed by atoms with E-state index in [4.69, 9.17) is 4.98 Å². The SMILES string of the molecule is CC(C)C1CCN(c2cccc(CNC3CC3)n2)C1. The minimum absolute atomic E-state index is 0.752. The molecule has 0 amide bonds. The van der Waals surface area contributed by atoms with Crippen LogP contribution in [0.4, 0.5) is 5.82 Å². The molecule has 2 heterocycles. The van der Waals surface area contributed by atoms with Crippen molar-refractivity contribution in [2.24, 2.45) is 11.8 Å². The first kappa shape index (κ1) is 12.9. The van der Waals surface area contributed by atoms with Crippen LogP contribution in [0.3, 0.4) is 0 Å². The van der Waals surface area contributed by atoms with Gasteiger partial charge in [-0.15, -0.1) is 0 Å². The number of aromatic nitrogens is 1. The molecule has 3 rings (SSSR count). The summed E-state index contributed by atoms with van der Waals surface area (Å²) in [6, 6.07) is 7.19. The maximum absolute atomic E-state index is 4.81. The molecule has 19 heavy (non-hydrogen) atoms. The first-order valence-corrected chi connectivity index (χ1v) is 7.66. The molecule has 0 spiro atoms. The Morgan fingerprint density at radius 3 is 2.84 bits per heavy atom. The smallest absolute Gasteiger partial charge is 0.128 e. The summed E-state index contributed by atoms with van der Waals surface area (Å²) in [5, 5.41) is 3.54. The number of anilines is 1. The number of hydrogen-bond donors (Lipinski definition) is 1. The Bertz CT molecular complexity index is 426. The van der Waals surface area contributed by atoms with Crippen LogP contribution in [0.25, 0.3) is 0 Å². The highest BCUT2D eigenvalue weighted by Gasteiger charge is 2.25. The van der Waals surface area contributed by atoms with Gasteiger partial charge in [0.2, 0.25) is 0 Å². The van der Waals surface area contributed by atoms with Gasteiger partial charge in [-0.2, -0.15) is 0 Å². The summed E-state index contributed by atoms with van der Waals surface area (Å²) in [5.74, 6) is 2.78. The molecule has 1 saturated heterocycles. The van der Waals surface area contributed by atoms with Crippen molar-refractivity contribution in [2.45, 2.75) is 45.7 Å². The normalized spacial score (nSPS) is 23.3. The second-order valence-electron chi connectivity index (χ2n) is 6.38. The van der Waals surface area contributed by atoms with Crippen molar-refractivity contribution in [3.8, 4) is 0 Å². The first-order valence-electron chi connectivity index (χ1n) is 7.66. The predicted octanol–water partition coefficient (Wildman–Crippen LogP) is 2.82. The highest BCUT2D eigenvalue weighted by molar-refractivity contribution is 5.40. The van der Waals surface area contributed by atoms with Gasteiger partial charge >= 0.3 is 0 Å². The standard InChI is InChI=1S/C16H25N3/c1-12(2)13-8-9-19(11-13)16-5-3-4-15(18-16)10-17-14-6-7-14/h3-5,12-14,17H,6-11H2,1-2H3.